The first-order chi connectivity index (χ1) is 9.60. The van der Waals surface area contributed by atoms with Gasteiger partial charge in [0.25, 0.3) is 0 Å². The first-order valence-electron chi connectivity index (χ1n) is 6.22. The molecular formula is C15H14ClF2NO. The third-order valence-corrected chi connectivity index (χ3v) is 2.94. The number of ether oxygens (including phenoxy) is 1. The average Bonchev–Trinajstić information content (AvgIpc) is 2.43. The molecular weight excluding hydrogens is 284 g/mol. The molecule has 5 heteroatoms. The molecule has 2 nitrogen and oxygen atoms in total. The summed E-state index contributed by atoms with van der Waals surface area (Å²) in [6.45, 7) is 3.37. The molecule has 0 heterocycles. The minimum Gasteiger partial charge on any atom is -0.457 e. The number of benzene rings is 2. The van der Waals surface area contributed by atoms with Crippen LogP contribution in [0.2, 0.25) is 5.02 Å². The van der Waals surface area contributed by atoms with Crippen LogP contribution in [0.15, 0.2) is 36.4 Å². The van der Waals surface area contributed by atoms with Gasteiger partial charge < -0.3 is 10.1 Å². The summed E-state index contributed by atoms with van der Waals surface area (Å²) in [5, 5.41) is 3.76. The van der Waals surface area contributed by atoms with Gasteiger partial charge in [0.15, 0.2) is 11.6 Å². The number of hydrogen-bond acceptors (Lipinski definition) is 2. The van der Waals surface area contributed by atoms with Crippen molar-refractivity contribution < 1.29 is 13.5 Å². The zero-order valence-electron chi connectivity index (χ0n) is 10.9. The van der Waals surface area contributed by atoms with Crippen LogP contribution >= 0.6 is 11.6 Å². The summed E-state index contributed by atoms with van der Waals surface area (Å²) in [7, 11) is 0. The molecule has 0 aromatic heterocycles. The summed E-state index contributed by atoms with van der Waals surface area (Å²) >= 11 is 5.95. The maximum atomic E-state index is 13.2. The Morgan fingerprint density at radius 1 is 1.10 bits per heavy atom. The van der Waals surface area contributed by atoms with Gasteiger partial charge >= 0.3 is 0 Å². The fraction of sp³-hybridized carbons (Fsp3) is 0.200. The van der Waals surface area contributed by atoms with E-state index in [1.54, 1.807) is 18.2 Å². The summed E-state index contributed by atoms with van der Waals surface area (Å²) in [5.41, 5.74) is 0.851. The van der Waals surface area contributed by atoms with Crippen LogP contribution in [0.1, 0.15) is 12.5 Å². The Morgan fingerprint density at radius 3 is 2.60 bits per heavy atom. The fourth-order valence-electron chi connectivity index (χ4n) is 1.71. The molecule has 0 fully saturated rings. The number of halogens is 3. The van der Waals surface area contributed by atoms with Gasteiger partial charge in [0.05, 0.1) is 0 Å². The lowest BCUT2D eigenvalue weighted by Gasteiger charge is -2.12. The molecule has 0 aliphatic rings. The van der Waals surface area contributed by atoms with E-state index in [1.165, 1.54) is 6.07 Å². The Hall–Kier alpha value is -1.65. The van der Waals surface area contributed by atoms with E-state index in [9.17, 15) is 8.78 Å². The van der Waals surface area contributed by atoms with Crippen LogP contribution in [0, 0.1) is 11.6 Å². The molecule has 0 saturated carbocycles. The molecule has 0 spiro atoms. The second-order valence-corrected chi connectivity index (χ2v) is 4.65. The van der Waals surface area contributed by atoms with Crippen molar-refractivity contribution in [3.05, 3.63) is 58.6 Å². The highest BCUT2D eigenvalue weighted by Gasteiger charge is 2.08. The third-order valence-electron chi connectivity index (χ3n) is 2.71. The van der Waals surface area contributed by atoms with E-state index in [1.807, 2.05) is 6.92 Å². The summed E-state index contributed by atoms with van der Waals surface area (Å²) in [4.78, 5) is 0. The van der Waals surface area contributed by atoms with E-state index in [2.05, 4.69) is 5.32 Å². The molecule has 1 N–H and O–H groups in total. The van der Waals surface area contributed by atoms with Crippen molar-refractivity contribution >= 4 is 11.6 Å². The standard InChI is InChI=1S/C15H14ClF2NO/c1-2-19-9-10-7-11(16)3-6-15(10)20-12-4-5-13(17)14(18)8-12/h3-8,19H,2,9H2,1H3. The van der Waals surface area contributed by atoms with Crippen LogP contribution in [0.25, 0.3) is 0 Å². The fourth-order valence-corrected chi connectivity index (χ4v) is 1.91. The van der Waals surface area contributed by atoms with E-state index >= 15 is 0 Å². The Balaban J connectivity index is 2.25. The van der Waals surface area contributed by atoms with Gasteiger partial charge in [0, 0.05) is 23.2 Å². The minimum absolute atomic E-state index is 0.240. The lowest BCUT2D eigenvalue weighted by Crippen LogP contribution is -2.12. The number of nitrogens with one attached hydrogen (secondary N) is 1. The van der Waals surface area contributed by atoms with Gasteiger partial charge in [-0.05, 0) is 36.9 Å². The molecule has 0 aliphatic heterocycles. The van der Waals surface area contributed by atoms with E-state index in [0.29, 0.717) is 17.3 Å². The number of rotatable bonds is 5. The molecule has 0 atom stereocenters. The van der Waals surface area contributed by atoms with Gasteiger partial charge in [0.2, 0.25) is 0 Å². The van der Waals surface area contributed by atoms with Gasteiger partial charge in [-0.3, -0.25) is 0 Å². The average molecular weight is 298 g/mol. The van der Waals surface area contributed by atoms with E-state index in [4.69, 9.17) is 16.3 Å². The van der Waals surface area contributed by atoms with Gasteiger partial charge in [-0.15, -0.1) is 0 Å². The van der Waals surface area contributed by atoms with Crippen molar-refractivity contribution in [3.8, 4) is 11.5 Å². The Bertz CT molecular complexity index is 604. The normalized spacial score (nSPS) is 10.6. The smallest absolute Gasteiger partial charge is 0.162 e. The first-order valence-corrected chi connectivity index (χ1v) is 6.60. The molecule has 2 rings (SSSR count). The maximum Gasteiger partial charge on any atom is 0.162 e. The van der Waals surface area contributed by atoms with Crippen LogP contribution in [0.3, 0.4) is 0 Å². The Morgan fingerprint density at radius 2 is 1.90 bits per heavy atom. The SMILES string of the molecule is CCNCc1cc(Cl)ccc1Oc1ccc(F)c(F)c1. The molecule has 0 unspecified atom stereocenters. The van der Waals surface area contributed by atoms with Crippen LogP contribution in [0.4, 0.5) is 8.78 Å². The van der Waals surface area contributed by atoms with E-state index in [0.717, 1.165) is 24.2 Å². The molecule has 2 aromatic carbocycles. The quantitative estimate of drug-likeness (QED) is 0.876. The second kappa shape index (κ2) is 6.68. The topological polar surface area (TPSA) is 21.3 Å². The lowest BCUT2D eigenvalue weighted by molar-refractivity contribution is 0.455. The Kier molecular flexibility index (Phi) is 4.93. The van der Waals surface area contributed by atoms with E-state index < -0.39 is 11.6 Å². The Labute approximate surface area is 121 Å². The molecule has 106 valence electrons. The van der Waals surface area contributed by atoms with Crippen molar-refractivity contribution in [2.24, 2.45) is 0 Å². The van der Waals surface area contributed by atoms with Crippen LogP contribution in [0.5, 0.6) is 11.5 Å². The molecule has 2 aromatic rings. The van der Waals surface area contributed by atoms with Crippen molar-refractivity contribution in [1.82, 2.24) is 5.32 Å². The summed E-state index contributed by atoms with van der Waals surface area (Å²) in [6, 6.07) is 8.59. The largest absolute Gasteiger partial charge is 0.457 e. The molecule has 0 saturated heterocycles. The molecule has 0 radical (unpaired) electrons. The molecule has 0 aliphatic carbocycles. The highest BCUT2D eigenvalue weighted by Crippen LogP contribution is 2.28. The molecule has 0 bridgehead atoms. The second-order valence-electron chi connectivity index (χ2n) is 4.21. The van der Waals surface area contributed by atoms with Crippen molar-refractivity contribution in [3.63, 3.8) is 0 Å². The van der Waals surface area contributed by atoms with Crippen molar-refractivity contribution in [2.45, 2.75) is 13.5 Å². The minimum atomic E-state index is -0.940. The van der Waals surface area contributed by atoms with Crippen LogP contribution in [-0.2, 0) is 6.54 Å². The van der Waals surface area contributed by atoms with E-state index in [-0.39, 0.29) is 5.75 Å². The summed E-state index contributed by atoms with van der Waals surface area (Å²) < 4.78 is 31.6. The van der Waals surface area contributed by atoms with Gasteiger partial charge in [0.1, 0.15) is 11.5 Å². The monoisotopic (exact) mass is 297 g/mol. The summed E-state index contributed by atoms with van der Waals surface area (Å²) in [6.07, 6.45) is 0. The first kappa shape index (κ1) is 14.8. The summed E-state index contributed by atoms with van der Waals surface area (Å²) in [5.74, 6) is -1.05. The van der Waals surface area contributed by atoms with Crippen molar-refractivity contribution in [2.75, 3.05) is 6.54 Å². The van der Waals surface area contributed by atoms with Gasteiger partial charge in [-0.1, -0.05) is 18.5 Å². The van der Waals surface area contributed by atoms with Crippen molar-refractivity contribution in [1.29, 1.82) is 0 Å². The third kappa shape index (κ3) is 3.68. The predicted octanol–water partition coefficient (Wildman–Crippen LogP) is 4.52. The predicted molar refractivity (Wildman–Crippen MR) is 75.3 cm³/mol. The lowest BCUT2D eigenvalue weighted by atomic mass is 10.2. The zero-order valence-corrected chi connectivity index (χ0v) is 11.7. The van der Waals surface area contributed by atoms with Gasteiger partial charge in [-0.25, -0.2) is 8.78 Å². The van der Waals surface area contributed by atoms with Crippen LogP contribution in [-0.4, -0.2) is 6.54 Å². The van der Waals surface area contributed by atoms with Crippen LogP contribution < -0.4 is 10.1 Å². The molecule has 0 amide bonds. The molecule has 20 heavy (non-hydrogen) atoms. The highest BCUT2D eigenvalue weighted by molar-refractivity contribution is 6.30. The van der Waals surface area contributed by atoms with Gasteiger partial charge in [-0.2, -0.15) is 0 Å². The maximum absolute atomic E-state index is 13.2. The zero-order chi connectivity index (χ0) is 14.5. The number of hydrogen-bond donors (Lipinski definition) is 1. The highest BCUT2D eigenvalue weighted by atomic mass is 35.5.